The summed E-state index contributed by atoms with van der Waals surface area (Å²) in [5.41, 5.74) is 2.80. The average molecular weight is 575 g/mol. The molecule has 0 aliphatic heterocycles. The third-order valence-electron chi connectivity index (χ3n) is 8.15. The summed E-state index contributed by atoms with van der Waals surface area (Å²) in [6, 6.07) is 14.8. The van der Waals surface area contributed by atoms with Gasteiger partial charge in [0.15, 0.2) is 0 Å². The Balaban J connectivity index is 0.000000528. The van der Waals surface area contributed by atoms with Crippen LogP contribution in [0.3, 0.4) is 0 Å². The van der Waals surface area contributed by atoms with E-state index in [-0.39, 0.29) is 31.7 Å². The van der Waals surface area contributed by atoms with Crippen molar-refractivity contribution in [2.75, 3.05) is 0 Å². The average Bonchev–Trinajstić information content (AvgIpc) is 3.16. The van der Waals surface area contributed by atoms with Crippen molar-refractivity contribution in [3.8, 4) is 0 Å². The number of benzene rings is 1. The van der Waals surface area contributed by atoms with Crippen molar-refractivity contribution in [3.05, 3.63) is 125 Å². The first-order valence-electron chi connectivity index (χ1n) is 12.9. The van der Waals surface area contributed by atoms with E-state index in [0.717, 1.165) is 12.8 Å². The van der Waals surface area contributed by atoms with Crippen LogP contribution in [0, 0.1) is 59.2 Å². The van der Waals surface area contributed by atoms with Crippen LogP contribution in [0.4, 0.5) is 0 Å². The molecule has 2 aliphatic carbocycles. The molecule has 0 amide bonds. The molecule has 1 aromatic heterocycles. The van der Waals surface area contributed by atoms with Crippen LogP contribution < -0.4 is 0 Å². The maximum absolute atomic E-state index is 4.01. The predicted molar refractivity (Wildman–Crippen MR) is 153 cm³/mol. The number of hydrogen-bond donors (Lipinski definition) is 0. The monoisotopic (exact) mass is 573 g/mol. The SMILES string of the molecule is C[C]1[C](C)[C](C)[C](C)[C]1C.C[C]1[C](C)[C](C)[C](C)[C]1C.[O-2].[Zr+4].c1ccc(CCCc2ccncc2)cc1. The van der Waals surface area contributed by atoms with E-state index in [1.807, 2.05) is 12.4 Å². The Morgan fingerprint density at radius 1 is 0.432 bits per heavy atom. The van der Waals surface area contributed by atoms with Crippen molar-refractivity contribution < 1.29 is 31.7 Å². The first-order chi connectivity index (χ1) is 16.6. The molecule has 2 aromatic rings. The van der Waals surface area contributed by atoms with Gasteiger partial charge in [-0.2, -0.15) is 0 Å². The molecule has 37 heavy (non-hydrogen) atoms. The largest absolute Gasteiger partial charge is 4.00 e. The third-order valence-corrected chi connectivity index (χ3v) is 8.15. The maximum Gasteiger partial charge on any atom is 4.00 e. The van der Waals surface area contributed by atoms with Crippen LogP contribution in [-0.2, 0) is 44.5 Å². The minimum Gasteiger partial charge on any atom is -2.00 e. The van der Waals surface area contributed by atoms with Gasteiger partial charge in [0.1, 0.15) is 0 Å². The number of pyridine rings is 1. The standard InChI is InChI=1S/C14H15N.2C10H15.O.Zr/c1-2-5-13(6-3-1)7-4-8-14-9-11-15-12-10-14;2*1-6-7(2)9(4)10(5)8(6)3;;/h1-3,5-6,9-12H,4,7-8H2;2*1-5H3;;/q;;;-2;+4. The van der Waals surface area contributed by atoms with E-state index in [1.54, 1.807) is 0 Å². The van der Waals surface area contributed by atoms with Gasteiger partial charge in [0.2, 0.25) is 0 Å². The molecule has 2 aliphatic rings. The van der Waals surface area contributed by atoms with Crippen LogP contribution in [0.5, 0.6) is 0 Å². The first kappa shape index (κ1) is 36.2. The summed E-state index contributed by atoms with van der Waals surface area (Å²) in [5, 5.41) is 0. The second-order valence-electron chi connectivity index (χ2n) is 9.94. The summed E-state index contributed by atoms with van der Waals surface area (Å²) < 4.78 is 0. The Labute approximate surface area is 249 Å². The Morgan fingerprint density at radius 3 is 1.00 bits per heavy atom. The molecule has 0 bridgehead atoms. The van der Waals surface area contributed by atoms with Gasteiger partial charge in [0.05, 0.1) is 0 Å². The molecule has 0 spiro atoms. The normalized spacial score (nSPS) is 19.5. The fraction of sp³-hybridized carbons (Fsp3) is 0.382. The molecular weight excluding hydrogens is 530 g/mol. The van der Waals surface area contributed by atoms with Gasteiger partial charge in [-0.25, -0.2) is 0 Å². The van der Waals surface area contributed by atoms with Crippen molar-refractivity contribution >= 4 is 0 Å². The quantitative estimate of drug-likeness (QED) is 0.359. The minimum atomic E-state index is 0. The number of aryl methyl sites for hydroxylation is 2. The van der Waals surface area contributed by atoms with Gasteiger partial charge >= 0.3 is 26.2 Å². The summed E-state index contributed by atoms with van der Waals surface area (Å²) in [7, 11) is 0. The molecule has 0 unspecified atom stereocenters. The molecule has 0 N–H and O–H groups in total. The Kier molecular flexibility index (Phi) is 17.4. The van der Waals surface area contributed by atoms with Crippen LogP contribution in [0.25, 0.3) is 0 Å². The van der Waals surface area contributed by atoms with E-state index in [2.05, 4.69) is 117 Å². The van der Waals surface area contributed by atoms with Gasteiger partial charge in [0, 0.05) is 12.4 Å². The number of hydrogen-bond acceptors (Lipinski definition) is 1. The van der Waals surface area contributed by atoms with E-state index in [1.165, 1.54) is 76.7 Å². The van der Waals surface area contributed by atoms with Crippen molar-refractivity contribution in [2.24, 2.45) is 0 Å². The van der Waals surface area contributed by atoms with E-state index < -0.39 is 0 Å². The van der Waals surface area contributed by atoms with Crippen LogP contribution in [0.2, 0.25) is 0 Å². The molecule has 0 atom stereocenters. The molecule has 1 heterocycles. The topological polar surface area (TPSA) is 41.4 Å². The molecule has 4 rings (SSSR count). The summed E-state index contributed by atoms with van der Waals surface area (Å²) in [5.74, 6) is 14.7. The molecule has 0 saturated heterocycles. The zero-order chi connectivity index (χ0) is 26.1. The summed E-state index contributed by atoms with van der Waals surface area (Å²) in [6.45, 7) is 22.0. The molecule has 2 nitrogen and oxygen atoms in total. The van der Waals surface area contributed by atoms with Gasteiger partial charge in [-0.05, 0) is 102 Å². The predicted octanol–water partition coefficient (Wildman–Crippen LogP) is 9.08. The molecule has 1 aromatic carbocycles. The third kappa shape index (κ3) is 10.4. The number of rotatable bonds is 4. The van der Waals surface area contributed by atoms with Gasteiger partial charge < -0.3 is 5.48 Å². The molecule has 194 valence electrons. The van der Waals surface area contributed by atoms with Crippen molar-refractivity contribution in [1.29, 1.82) is 0 Å². The van der Waals surface area contributed by atoms with Crippen LogP contribution in [-0.4, -0.2) is 4.98 Å². The van der Waals surface area contributed by atoms with Gasteiger partial charge in [0.25, 0.3) is 0 Å². The second-order valence-corrected chi connectivity index (χ2v) is 9.94. The van der Waals surface area contributed by atoms with Crippen LogP contribution in [0.15, 0.2) is 54.9 Å². The van der Waals surface area contributed by atoms with Crippen molar-refractivity contribution in [1.82, 2.24) is 4.98 Å². The summed E-state index contributed by atoms with van der Waals surface area (Å²) >= 11 is 0. The molecule has 10 radical (unpaired) electrons. The Hall–Kier alpha value is -0.787. The van der Waals surface area contributed by atoms with Gasteiger partial charge in [-0.3, -0.25) is 4.98 Å². The minimum absolute atomic E-state index is 0. The van der Waals surface area contributed by atoms with Gasteiger partial charge in [-0.15, -0.1) is 0 Å². The molecule has 3 heteroatoms. The summed E-state index contributed by atoms with van der Waals surface area (Å²) in [6.07, 6.45) is 7.21. The van der Waals surface area contributed by atoms with Crippen molar-refractivity contribution in [2.45, 2.75) is 88.5 Å². The molecule has 2 fully saturated rings. The summed E-state index contributed by atoms with van der Waals surface area (Å²) in [4.78, 5) is 4.01. The fourth-order valence-corrected chi connectivity index (χ4v) is 4.50. The Morgan fingerprint density at radius 2 is 0.703 bits per heavy atom. The van der Waals surface area contributed by atoms with Crippen LogP contribution >= 0.6 is 0 Å². The number of aromatic nitrogens is 1. The van der Waals surface area contributed by atoms with E-state index >= 15 is 0 Å². The smallest absolute Gasteiger partial charge is 2.00 e. The zero-order valence-corrected chi connectivity index (χ0v) is 27.1. The second kappa shape index (κ2) is 17.7. The van der Waals surface area contributed by atoms with E-state index in [9.17, 15) is 0 Å². The van der Waals surface area contributed by atoms with E-state index in [0.29, 0.717) is 0 Å². The maximum atomic E-state index is 4.01. The fourth-order valence-electron chi connectivity index (χ4n) is 4.50. The van der Waals surface area contributed by atoms with Crippen molar-refractivity contribution in [3.63, 3.8) is 0 Å². The molecular formula is C34H45NOZr+2. The zero-order valence-electron chi connectivity index (χ0n) is 24.7. The first-order valence-corrected chi connectivity index (χ1v) is 12.9. The van der Waals surface area contributed by atoms with Crippen LogP contribution in [0.1, 0.15) is 86.8 Å². The van der Waals surface area contributed by atoms with Gasteiger partial charge in [-0.1, -0.05) is 99.6 Å². The number of nitrogens with zero attached hydrogens (tertiary/aromatic N) is 1. The molecule has 2 saturated carbocycles. The van der Waals surface area contributed by atoms with E-state index in [4.69, 9.17) is 0 Å². The Bertz CT molecular complexity index is 669.